The van der Waals surface area contributed by atoms with Crippen LogP contribution in [-0.4, -0.2) is 37.1 Å². The molecule has 1 saturated heterocycles. The number of piperazine rings is 1. The van der Waals surface area contributed by atoms with E-state index in [-0.39, 0.29) is 0 Å². The van der Waals surface area contributed by atoms with Crippen molar-refractivity contribution < 1.29 is 0 Å². The number of hydrogen-bond donors (Lipinski definition) is 0. The molecular formula is C11H13Cl3N2. The van der Waals surface area contributed by atoms with Crippen LogP contribution in [0.5, 0.6) is 0 Å². The van der Waals surface area contributed by atoms with Crippen LogP contribution >= 0.6 is 34.8 Å². The van der Waals surface area contributed by atoms with E-state index in [4.69, 9.17) is 34.8 Å². The van der Waals surface area contributed by atoms with E-state index in [1.165, 1.54) is 0 Å². The molecule has 0 aromatic heterocycles. The van der Waals surface area contributed by atoms with Gasteiger partial charge in [-0.2, -0.15) is 0 Å². The lowest BCUT2D eigenvalue weighted by atomic mass is 10.2. The van der Waals surface area contributed by atoms with E-state index in [0.29, 0.717) is 16.0 Å². The van der Waals surface area contributed by atoms with Gasteiger partial charge in [0.25, 0.3) is 0 Å². The minimum absolute atomic E-state index is 0.594. The fraction of sp³-hybridized carbons (Fsp3) is 0.455. The normalized spacial score (nSPS) is 17.8. The van der Waals surface area contributed by atoms with Crippen molar-refractivity contribution in [2.24, 2.45) is 0 Å². The van der Waals surface area contributed by atoms with Crippen molar-refractivity contribution in [3.05, 3.63) is 28.2 Å². The average Bonchev–Trinajstić information content (AvgIpc) is 2.33. The smallest absolute Gasteiger partial charge is 0.0825 e. The molecule has 1 aliphatic rings. The fourth-order valence-corrected chi connectivity index (χ4v) is 2.50. The summed E-state index contributed by atoms with van der Waals surface area (Å²) < 4.78 is 0. The molecule has 0 bridgehead atoms. The number of benzene rings is 1. The summed E-state index contributed by atoms with van der Waals surface area (Å²) in [6.07, 6.45) is 0. The summed E-state index contributed by atoms with van der Waals surface area (Å²) in [5.74, 6) is 0. The molecule has 2 nitrogen and oxygen atoms in total. The molecule has 0 saturated carbocycles. The molecule has 16 heavy (non-hydrogen) atoms. The van der Waals surface area contributed by atoms with Gasteiger partial charge in [-0.15, -0.1) is 11.6 Å². The summed E-state index contributed by atoms with van der Waals surface area (Å²) in [5.41, 5.74) is 1.02. The van der Waals surface area contributed by atoms with Crippen molar-refractivity contribution in [2.45, 2.75) is 0 Å². The molecule has 1 fully saturated rings. The largest absolute Gasteiger partial charge is 0.368 e. The van der Waals surface area contributed by atoms with Gasteiger partial charge in [0.2, 0.25) is 0 Å². The van der Waals surface area contributed by atoms with E-state index < -0.39 is 0 Å². The lowest BCUT2D eigenvalue weighted by Crippen LogP contribution is -2.45. The minimum atomic E-state index is 0.594. The van der Waals surface area contributed by atoms with Crippen LogP contribution in [0, 0.1) is 0 Å². The third kappa shape index (κ3) is 2.57. The highest BCUT2D eigenvalue weighted by atomic mass is 35.5. The number of nitrogens with zero attached hydrogens (tertiary/aromatic N) is 2. The molecule has 0 unspecified atom stereocenters. The van der Waals surface area contributed by atoms with Gasteiger partial charge in [0.15, 0.2) is 0 Å². The van der Waals surface area contributed by atoms with Gasteiger partial charge in [-0.3, -0.25) is 4.90 Å². The van der Waals surface area contributed by atoms with Crippen LogP contribution < -0.4 is 4.90 Å². The van der Waals surface area contributed by atoms with Crippen molar-refractivity contribution in [1.29, 1.82) is 0 Å². The predicted molar refractivity (Wildman–Crippen MR) is 71.0 cm³/mol. The summed E-state index contributed by atoms with van der Waals surface area (Å²) in [4.78, 5) is 4.45. The Morgan fingerprint density at radius 2 is 1.75 bits per heavy atom. The van der Waals surface area contributed by atoms with Gasteiger partial charge in [0.05, 0.1) is 21.7 Å². The second kappa shape index (κ2) is 5.46. The molecule has 1 aromatic rings. The lowest BCUT2D eigenvalue weighted by Gasteiger charge is -2.35. The standard InChI is InChI=1S/C11H13Cl3N2/c12-8-15-4-6-16(7-5-15)10-3-1-2-9(13)11(10)14/h1-3H,4-8H2. The summed E-state index contributed by atoms with van der Waals surface area (Å²) in [5, 5.41) is 1.25. The molecule has 1 heterocycles. The van der Waals surface area contributed by atoms with E-state index in [2.05, 4.69) is 9.80 Å². The molecule has 2 rings (SSSR count). The van der Waals surface area contributed by atoms with Gasteiger partial charge < -0.3 is 4.90 Å². The van der Waals surface area contributed by atoms with Crippen LogP contribution in [0.4, 0.5) is 5.69 Å². The van der Waals surface area contributed by atoms with E-state index in [1.807, 2.05) is 18.2 Å². The Kier molecular flexibility index (Phi) is 4.20. The number of rotatable bonds is 2. The third-order valence-electron chi connectivity index (χ3n) is 2.81. The molecule has 0 spiro atoms. The van der Waals surface area contributed by atoms with Crippen LogP contribution in [0.2, 0.25) is 10.0 Å². The molecule has 5 heteroatoms. The third-order valence-corrected chi connectivity index (χ3v) is 3.96. The van der Waals surface area contributed by atoms with Crippen molar-refractivity contribution in [1.82, 2.24) is 4.90 Å². The summed E-state index contributed by atoms with van der Waals surface area (Å²) >= 11 is 18.0. The van der Waals surface area contributed by atoms with E-state index in [0.717, 1.165) is 31.9 Å². The molecular weight excluding hydrogens is 266 g/mol. The first-order valence-electron chi connectivity index (χ1n) is 5.19. The zero-order chi connectivity index (χ0) is 11.5. The summed E-state index contributed by atoms with van der Waals surface area (Å²) in [7, 11) is 0. The monoisotopic (exact) mass is 278 g/mol. The van der Waals surface area contributed by atoms with Crippen LogP contribution in [0.3, 0.4) is 0 Å². The Morgan fingerprint density at radius 3 is 2.38 bits per heavy atom. The summed E-state index contributed by atoms with van der Waals surface area (Å²) in [6, 6.07) is 6.33. The number of halogens is 3. The van der Waals surface area contributed by atoms with Crippen molar-refractivity contribution in [3.8, 4) is 0 Å². The van der Waals surface area contributed by atoms with E-state index >= 15 is 0 Å². The van der Waals surface area contributed by atoms with Gasteiger partial charge in [-0.05, 0) is 12.1 Å². The Labute approximate surface area is 111 Å². The zero-order valence-corrected chi connectivity index (χ0v) is 11.1. The molecule has 0 N–H and O–H groups in total. The first kappa shape index (κ1) is 12.3. The molecule has 0 atom stereocenters. The van der Waals surface area contributed by atoms with E-state index in [1.54, 1.807) is 0 Å². The topological polar surface area (TPSA) is 6.48 Å². The molecule has 0 radical (unpaired) electrons. The first-order chi connectivity index (χ1) is 7.72. The van der Waals surface area contributed by atoms with Gasteiger partial charge in [-0.1, -0.05) is 29.3 Å². The zero-order valence-electron chi connectivity index (χ0n) is 8.80. The minimum Gasteiger partial charge on any atom is -0.368 e. The van der Waals surface area contributed by atoms with Crippen LogP contribution in [-0.2, 0) is 0 Å². The molecule has 1 aliphatic heterocycles. The van der Waals surface area contributed by atoms with E-state index in [9.17, 15) is 0 Å². The van der Waals surface area contributed by atoms with Crippen molar-refractivity contribution >= 4 is 40.5 Å². The molecule has 88 valence electrons. The highest BCUT2D eigenvalue weighted by Gasteiger charge is 2.18. The van der Waals surface area contributed by atoms with Crippen molar-refractivity contribution in [3.63, 3.8) is 0 Å². The summed E-state index contributed by atoms with van der Waals surface area (Å²) in [6.45, 7) is 3.80. The fourth-order valence-electron chi connectivity index (χ4n) is 1.84. The predicted octanol–water partition coefficient (Wildman–Crippen LogP) is 3.31. The number of alkyl halides is 1. The highest BCUT2D eigenvalue weighted by Crippen LogP contribution is 2.32. The van der Waals surface area contributed by atoms with Crippen LogP contribution in [0.15, 0.2) is 18.2 Å². The van der Waals surface area contributed by atoms with Gasteiger partial charge >= 0.3 is 0 Å². The second-order valence-electron chi connectivity index (χ2n) is 3.80. The second-order valence-corrected chi connectivity index (χ2v) is 4.82. The molecule has 0 amide bonds. The molecule has 1 aromatic carbocycles. The number of anilines is 1. The quantitative estimate of drug-likeness (QED) is 0.605. The van der Waals surface area contributed by atoms with Crippen LogP contribution in [0.25, 0.3) is 0 Å². The SMILES string of the molecule is ClCN1CCN(c2cccc(Cl)c2Cl)CC1. The van der Waals surface area contributed by atoms with Crippen molar-refractivity contribution in [2.75, 3.05) is 37.1 Å². The first-order valence-corrected chi connectivity index (χ1v) is 6.48. The Balaban J connectivity index is 2.11. The molecule has 0 aliphatic carbocycles. The Morgan fingerprint density at radius 1 is 1.06 bits per heavy atom. The van der Waals surface area contributed by atoms with Gasteiger partial charge in [-0.25, -0.2) is 0 Å². The Hall–Kier alpha value is -0.150. The average molecular weight is 280 g/mol. The van der Waals surface area contributed by atoms with Gasteiger partial charge in [0, 0.05) is 26.2 Å². The van der Waals surface area contributed by atoms with Gasteiger partial charge in [0.1, 0.15) is 0 Å². The van der Waals surface area contributed by atoms with Crippen LogP contribution in [0.1, 0.15) is 0 Å². The maximum atomic E-state index is 6.18. The Bertz CT molecular complexity index is 362. The maximum absolute atomic E-state index is 6.18. The lowest BCUT2D eigenvalue weighted by molar-refractivity contribution is 0.298. The maximum Gasteiger partial charge on any atom is 0.0825 e. The highest BCUT2D eigenvalue weighted by molar-refractivity contribution is 6.43. The number of hydrogen-bond acceptors (Lipinski definition) is 2.